The first-order valence-corrected chi connectivity index (χ1v) is 5.96. The second kappa shape index (κ2) is 8.55. The van der Waals surface area contributed by atoms with Gasteiger partial charge in [-0.3, -0.25) is 0 Å². The monoisotopic (exact) mass is 185 g/mol. The van der Waals surface area contributed by atoms with E-state index in [0.717, 1.165) is 18.4 Å². The molecule has 80 valence electrons. The van der Waals surface area contributed by atoms with Crippen LogP contribution in [0, 0.1) is 11.8 Å². The highest BCUT2D eigenvalue weighted by atomic mass is 14.8. The van der Waals surface area contributed by atoms with Gasteiger partial charge in [-0.05, 0) is 31.3 Å². The van der Waals surface area contributed by atoms with Crippen molar-refractivity contribution in [3.63, 3.8) is 0 Å². The predicted octanol–water partition coefficient (Wildman–Crippen LogP) is 3.45. The Balaban J connectivity index is 3.57. The van der Waals surface area contributed by atoms with Crippen LogP contribution in [0.2, 0.25) is 0 Å². The van der Waals surface area contributed by atoms with Crippen LogP contribution in [-0.4, -0.2) is 13.1 Å². The molecular formula is C12H27N. The molecule has 0 aliphatic heterocycles. The van der Waals surface area contributed by atoms with Crippen molar-refractivity contribution in [3.8, 4) is 0 Å². The van der Waals surface area contributed by atoms with E-state index in [-0.39, 0.29) is 0 Å². The summed E-state index contributed by atoms with van der Waals surface area (Å²) in [6, 6.07) is 0. The summed E-state index contributed by atoms with van der Waals surface area (Å²) < 4.78 is 0. The fourth-order valence-corrected chi connectivity index (χ4v) is 2.00. The number of hydrogen-bond donors (Lipinski definition) is 1. The molecule has 0 aromatic heterocycles. The maximum Gasteiger partial charge on any atom is -0.00464 e. The van der Waals surface area contributed by atoms with Gasteiger partial charge in [-0.2, -0.15) is 0 Å². The molecule has 0 aromatic carbocycles. The molecule has 0 heterocycles. The van der Waals surface area contributed by atoms with Crippen LogP contribution in [0.25, 0.3) is 0 Å². The molecule has 2 unspecified atom stereocenters. The van der Waals surface area contributed by atoms with Crippen molar-refractivity contribution < 1.29 is 0 Å². The number of rotatable bonds is 8. The average molecular weight is 185 g/mol. The van der Waals surface area contributed by atoms with Crippen molar-refractivity contribution in [1.82, 2.24) is 5.32 Å². The first kappa shape index (κ1) is 13.0. The largest absolute Gasteiger partial charge is 0.317 e. The lowest BCUT2D eigenvalue weighted by atomic mass is 9.86. The third kappa shape index (κ3) is 6.09. The van der Waals surface area contributed by atoms with E-state index in [4.69, 9.17) is 0 Å². The Labute approximate surface area is 84.3 Å². The Morgan fingerprint density at radius 2 is 1.77 bits per heavy atom. The summed E-state index contributed by atoms with van der Waals surface area (Å²) in [7, 11) is 0. The normalized spacial score (nSPS) is 15.7. The molecule has 0 aromatic rings. The van der Waals surface area contributed by atoms with Crippen LogP contribution in [0.3, 0.4) is 0 Å². The Morgan fingerprint density at radius 3 is 2.23 bits per heavy atom. The molecule has 1 N–H and O–H groups in total. The molecule has 2 atom stereocenters. The minimum Gasteiger partial charge on any atom is -0.317 e. The molecule has 0 saturated heterocycles. The van der Waals surface area contributed by atoms with Crippen LogP contribution in [0.15, 0.2) is 0 Å². The first-order chi connectivity index (χ1) is 6.26. The van der Waals surface area contributed by atoms with Crippen LogP contribution >= 0.6 is 0 Å². The molecule has 0 rings (SSSR count). The Kier molecular flexibility index (Phi) is 8.53. The summed E-state index contributed by atoms with van der Waals surface area (Å²) in [6.45, 7) is 11.5. The highest BCUT2D eigenvalue weighted by Crippen LogP contribution is 2.23. The van der Waals surface area contributed by atoms with Crippen LogP contribution in [0.5, 0.6) is 0 Å². The zero-order valence-corrected chi connectivity index (χ0v) is 9.90. The smallest absolute Gasteiger partial charge is 0.00464 e. The number of nitrogens with one attached hydrogen (secondary N) is 1. The molecule has 0 saturated carbocycles. The SMILES string of the molecule is CCCC(CC)C(C)CCNCC. The van der Waals surface area contributed by atoms with Gasteiger partial charge < -0.3 is 5.32 Å². The molecule has 0 bridgehead atoms. The standard InChI is InChI=1S/C12H27N/c1-5-8-12(6-2)11(4)9-10-13-7-3/h11-13H,5-10H2,1-4H3. The second-order valence-corrected chi connectivity index (χ2v) is 4.08. The van der Waals surface area contributed by atoms with Gasteiger partial charge in [0, 0.05) is 0 Å². The molecule has 1 nitrogen and oxygen atoms in total. The maximum atomic E-state index is 3.40. The molecule has 0 aliphatic carbocycles. The third-order valence-corrected chi connectivity index (χ3v) is 3.02. The zero-order chi connectivity index (χ0) is 10.1. The van der Waals surface area contributed by atoms with Crippen LogP contribution < -0.4 is 5.32 Å². The van der Waals surface area contributed by atoms with E-state index in [0.29, 0.717) is 0 Å². The molecule has 1 heteroatoms. The molecule has 13 heavy (non-hydrogen) atoms. The van der Waals surface area contributed by atoms with Gasteiger partial charge in [0.05, 0.1) is 0 Å². The van der Waals surface area contributed by atoms with Gasteiger partial charge >= 0.3 is 0 Å². The molecule has 0 spiro atoms. The average Bonchev–Trinajstić information content (AvgIpc) is 2.14. The van der Waals surface area contributed by atoms with Crippen molar-refractivity contribution in [3.05, 3.63) is 0 Å². The lowest BCUT2D eigenvalue weighted by Crippen LogP contribution is -2.20. The topological polar surface area (TPSA) is 12.0 Å². The molecule has 0 aliphatic rings. The summed E-state index contributed by atoms with van der Waals surface area (Å²) in [6.07, 6.45) is 5.43. The number of hydrogen-bond acceptors (Lipinski definition) is 1. The van der Waals surface area contributed by atoms with Gasteiger partial charge in [-0.15, -0.1) is 0 Å². The van der Waals surface area contributed by atoms with Crippen molar-refractivity contribution in [2.75, 3.05) is 13.1 Å². The van der Waals surface area contributed by atoms with E-state index >= 15 is 0 Å². The minimum atomic E-state index is 0.893. The quantitative estimate of drug-likeness (QED) is 0.571. The van der Waals surface area contributed by atoms with Gasteiger partial charge in [0.2, 0.25) is 0 Å². The predicted molar refractivity (Wildman–Crippen MR) is 61.0 cm³/mol. The van der Waals surface area contributed by atoms with Crippen LogP contribution in [0.1, 0.15) is 53.4 Å². The van der Waals surface area contributed by atoms with Crippen molar-refractivity contribution >= 4 is 0 Å². The minimum absolute atomic E-state index is 0.893. The Morgan fingerprint density at radius 1 is 1.08 bits per heavy atom. The Hall–Kier alpha value is -0.0400. The molecular weight excluding hydrogens is 158 g/mol. The lowest BCUT2D eigenvalue weighted by Gasteiger charge is -2.22. The van der Waals surface area contributed by atoms with Crippen molar-refractivity contribution in [1.29, 1.82) is 0 Å². The third-order valence-electron chi connectivity index (χ3n) is 3.02. The molecule has 0 radical (unpaired) electrons. The second-order valence-electron chi connectivity index (χ2n) is 4.08. The van der Waals surface area contributed by atoms with Gasteiger partial charge in [-0.25, -0.2) is 0 Å². The first-order valence-electron chi connectivity index (χ1n) is 5.96. The van der Waals surface area contributed by atoms with Crippen LogP contribution in [-0.2, 0) is 0 Å². The van der Waals surface area contributed by atoms with Gasteiger partial charge in [0.1, 0.15) is 0 Å². The van der Waals surface area contributed by atoms with Crippen LogP contribution in [0.4, 0.5) is 0 Å². The zero-order valence-electron chi connectivity index (χ0n) is 9.90. The summed E-state index contributed by atoms with van der Waals surface area (Å²) in [5, 5.41) is 3.40. The lowest BCUT2D eigenvalue weighted by molar-refractivity contribution is 0.303. The van der Waals surface area contributed by atoms with Gasteiger partial charge in [0.15, 0.2) is 0 Å². The van der Waals surface area contributed by atoms with Gasteiger partial charge in [-0.1, -0.05) is 47.0 Å². The van der Waals surface area contributed by atoms with E-state index in [2.05, 4.69) is 33.0 Å². The Bertz CT molecular complexity index is 101. The van der Waals surface area contributed by atoms with E-state index in [1.165, 1.54) is 32.2 Å². The summed E-state index contributed by atoms with van der Waals surface area (Å²) >= 11 is 0. The fourth-order valence-electron chi connectivity index (χ4n) is 2.00. The molecule has 0 fully saturated rings. The van der Waals surface area contributed by atoms with E-state index in [1.54, 1.807) is 0 Å². The van der Waals surface area contributed by atoms with E-state index in [9.17, 15) is 0 Å². The highest BCUT2D eigenvalue weighted by molar-refractivity contribution is 4.65. The van der Waals surface area contributed by atoms with E-state index in [1.807, 2.05) is 0 Å². The van der Waals surface area contributed by atoms with Crippen molar-refractivity contribution in [2.45, 2.75) is 53.4 Å². The highest BCUT2D eigenvalue weighted by Gasteiger charge is 2.13. The van der Waals surface area contributed by atoms with Gasteiger partial charge in [0.25, 0.3) is 0 Å². The molecule has 0 amide bonds. The summed E-state index contributed by atoms with van der Waals surface area (Å²) in [4.78, 5) is 0. The fraction of sp³-hybridized carbons (Fsp3) is 1.00. The maximum absolute atomic E-state index is 3.40. The van der Waals surface area contributed by atoms with E-state index < -0.39 is 0 Å². The summed E-state index contributed by atoms with van der Waals surface area (Å²) in [5.41, 5.74) is 0. The summed E-state index contributed by atoms with van der Waals surface area (Å²) in [5.74, 6) is 1.84. The van der Waals surface area contributed by atoms with Crippen molar-refractivity contribution in [2.24, 2.45) is 11.8 Å².